The molecule has 0 fully saturated rings. The van der Waals surface area contributed by atoms with Crippen molar-refractivity contribution in [3.05, 3.63) is 0 Å². The summed E-state index contributed by atoms with van der Waals surface area (Å²) in [6.07, 6.45) is 0. The molecule has 0 aromatic rings. The van der Waals surface area contributed by atoms with E-state index in [4.69, 9.17) is 5.11 Å². The fourth-order valence-corrected chi connectivity index (χ4v) is 0.523. The fraction of sp³-hybridized carbons (Fsp3) is 0.750. The molecule has 0 unspecified atom stereocenters. The molecule has 4 nitrogen and oxygen atoms in total. The summed E-state index contributed by atoms with van der Waals surface area (Å²) in [6, 6.07) is 0. The summed E-state index contributed by atoms with van der Waals surface area (Å²) in [4.78, 5) is 9.82. The average molecular weight is 152 g/mol. The van der Waals surface area contributed by atoms with Gasteiger partial charge in [-0.3, -0.25) is 8.98 Å². The Balaban J connectivity index is 2.83. The molecule has 5 heteroatoms. The maximum absolute atomic E-state index is 9.82. The largest absolute Gasteiger partial charge is 0.481 e. The third-order valence-corrected chi connectivity index (χ3v) is 1.06. The first kappa shape index (κ1) is 8.74. The molecule has 0 atom stereocenters. The van der Waals surface area contributed by atoms with Crippen LogP contribution in [0.5, 0.6) is 0 Å². The zero-order valence-corrected chi connectivity index (χ0v) is 5.81. The van der Waals surface area contributed by atoms with Gasteiger partial charge < -0.3 is 9.84 Å². The monoisotopic (exact) mass is 152 g/mol. The van der Waals surface area contributed by atoms with E-state index < -0.39 is 5.97 Å². The van der Waals surface area contributed by atoms with Crippen LogP contribution in [-0.4, -0.2) is 30.7 Å². The minimum atomic E-state index is -0.892. The van der Waals surface area contributed by atoms with Crippen molar-refractivity contribution in [1.82, 2.24) is 0 Å². The number of aliphatic carboxylic acids is 1. The van der Waals surface area contributed by atoms with Crippen LogP contribution in [0.25, 0.3) is 0 Å². The van der Waals surface area contributed by atoms with E-state index in [-0.39, 0.29) is 12.5 Å². The number of carboxylic acids is 1. The molecule has 0 aliphatic carbocycles. The van der Waals surface area contributed by atoms with E-state index in [2.05, 4.69) is 8.92 Å². The van der Waals surface area contributed by atoms with Gasteiger partial charge in [0.2, 0.25) is 0 Å². The zero-order chi connectivity index (χ0) is 7.11. The predicted molar refractivity (Wildman–Crippen MR) is 33.1 cm³/mol. The first-order chi connectivity index (χ1) is 4.27. The maximum Gasteiger partial charge on any atom is 0.315 e. The van der Waals surface area contributed by atoms with Crippen molar-refractivity contribution >= 4 is 18.0 Å². The lowest BCUT2D eigenvalue weighted by Crippen LogP contribution is -1.99. The Hall–Kier alpha value is -0.260. The number of hydrogen-bond acceptors (Lipinski definition) is 4. The summed E-state index contributed by atoms with van der Waals surface area (Å²) in [6.45, 7) is 0.123. The quantitative estimate of drug-likeness (QED) is 0.350. The third-order valence-electron chi connectivity index (χ3n) is 0.432. The fourth-order valence-electron chi connectivity index (χ4n) is 0.174. The first-order valence-corrected chi connectivity index (χ1v) is 3.13. The van der Waals surface area contributed by atoms with Crippen LogP contribution in [0.1, 0.15) is 0 Å². The number of methoxy groups -OCH3 is 1. The van der Waals surface area contributed by atoms with Crippen LogP contribution in [0.3, 0.4) is 0 Å². The van der Waals surface area contributed by atoms with Crippen LogP contribution in [0.15, 0.2) is 0 Å². The summed E-state index contributed by atoms with van der Waals surface area (Å²) >= 11 is 0.861. The molecule has 0 aliphatic rings. The van der Waals surface area contributed by atoms with Crippen molar-refractivity contribution in [2.24, 2.45) is 0 Å². The summed E-state index contributed by atoms with van der Waals surface area (Å²) in [5.74, 6) is -0.945. The van der Waals surface area contributed by atoms with Gasteiger partial charge in [-0.25, -0.2) is 0 Å². The molecule has 54 valence electrons. The molecule has 0 bridgehead atoms. The zero-order valence-electron chi connectivity index (χ0n) is 4.99. The van der Waals surface area contributed by atoms with Gasteiger partial charge in [0.15, 0.2) is 6.79 Å². The Morgan fingerprint density at radius 3 is 2.89 bits per heavy atom. The van der Waals surface area contributed by atoms with Gasteiger partial charge in [-0.2, -0.15) is 0 Å². The molecule has 0 amide bonds. The molecule has 0 aliphatic heterocycles. The van der Waals surface area contributed by atoms with E-state index in [0.717, 1.165) is 12.0 Å². The number of carbonyl (C=O) groups is 1. The molecule has 0 saturated heterocycles. The molecular weight excluding hydrogens is 144 g/mol. The van der Waals surface area contributed by atoms with Crippen LogP contribution in [0, 0.1) is 0 Å². The summed E-state index contributed by atoms with van der Waals surface area (Å²) in [5.41, 5.74) is 0. The van der Waals surface area contributed by atoms with Gasteiger partial charge in [-0.1, -0.05) is 0 Å². The summed E-state index contributed by atoms with van der Waals surface area (Å²) in [5, 5.41) is 8.07. The molecule has 0 aromatic carbocycles. The van der Waals surface area contributed by atoms with E-state index in [1.54, 1.807) is 0 Å². The van der Waals surface area contributed by atoms with E-state index in [0.29, 0.717) is 0 Å². The van der Waals surface area contributed by atoms with Gasteiger partial charge >= 0.3 is 5.97 Å². The number of hydrogen-bond donors (Lipinski definition) is 1. The van der Waals surface area contributed by atoms with Crippen molar-refractivity contribution in [1.29, 1.82) is 0 Å². The Morgan fingerprint density at radius 2 is 2.44 bits per heavy atom. The van der Waals surface area contributed by atoms with Gasteiger partial charge in [0.05, 0.1) is 0 Å². The van der Waals surface area contributed by atoms with Gasteiger partial charge in [0.25, 0.3) is 0 Å². The molecular formula is C4H8O4S. The SMILES string of the molecule is COCOSCC(=O)O. The van der Waals surface area contributed by atoms with Crippen molar-refractivity contribution in [2.45, 2.75) is 0 Å². The Labute approximate surface area is 57.3 Å². The van der Waals surface area contributed by atoms with Crippen molar-refractivity contribution in [3.63, 3.8) is 0 Å². The highest BCUT2D eigenvalue weighted by Gasteiger charge is 1.95. The van der Waals surface area contributed by atoms with Gasteiger partial charge in [-0.15, -0.1) is 0 Å². The second-order valence-corrected chi connectivity index (χ2v) is 1.94. The van der Waals surface area contributed by atoms with Gasteiger partial charge in [-0.05, 0) is 0 Å². The Kier molecular flexibility index (Phi) is 5.70. The van der Waals surface area contributed by atoms with Crippen molar-refractivity contribution < 1.29 is 18.8 Å². The van der Waals surface area contributed by atoms with Gasteiger partial charge in [0.1, 0.15) is 5.75 Å². The van der Waals surface area contributed by atoms with Crippen LogP contribution >= 0.6 is 12.0 Å². The highest BCUT2D eigenvalue weighted by molar-refractivity contribution is 7.95. The predicted octanol–water partition coefficient (Wildman–Crippen LogP) is 0.340. The smallest absolute Gasteiger partial charge is 0.315 e. The molecule has 0 radical (unpaired) electrons. The first-order valence-electron chi connectivity index (χ1n) is 2.22. The normalized spacial score (nSPS) is 9.44. The molecule has 9 heavy (non-hydrogen) atoms. The van der Waals surface area contributed by atoms with E-state index in [9.17, 15) is 4.79 Å². The lowest BCUT2D eigenvalue weighted by Gasteiger charge is -1.95. The number of ether oxygens (including phenoxy) is 1. The minimum absolute atomic E-state index is 0.0522. The van der Waals surface area contributed by atoms with Crippen LogP contribution in [0.2, 0.25) is 0 Å². The third kappa shape index (κ3) is 7.74. The average Bonchev–Trinajstić information content (AvgIpc) is 1.80. The highest BCUT2D eigenvalue weighted by atomic mass is 32.2. The van der Waals surface area contributed by atoms with Crippen molar-refractivity contribution in [2.75, 3.05) is 19.7 Å². The van der Waals surface area contributed by atoms with E-state index in [1.807, 2.05) is 0 Å². The van der Waals surface area contributed by atoms with E-state index in [1.165, 1.54) is 7.11 Å². The second-order valence-electron chi connectivity index (χ2n) is 1.18. The molecule has 0 spiro atoms. The second kappa shape index (κ2) is 5.87. The van der Waals surface area contributed by atoms with Crippen LogP contribution < -0.4 is 0 Å². The molecule has 0 aromatic heterocycles. The molecule has 0 heterocycles. The van der Waals surface area contributed by atoms with Crippen LogP contribution in [-0.2, 0) is 13.7 Å². The summed E-state index contributed by atoms with van der Waals surface area (Å²) in [7, 11) is 1.47. The molecule has 1 N–H and O–H groups in total. The Bertz CT molecular complexity index is 84.6. The van der Waals surface area contributed by atoms with E-state index >= 15 is 0 Å². The molecule has 0 rings (SSSR count). The summed E-state index contributed by atoms with van der Waals surface area (Å²) < 4.78 is 9.09. The number of rotatable bonds is 5. The lowest BCUT2D eigenvalue weighted by molar-refractivity contribution is -0.134. The minimum Gasteiger partial charge on any atom is -0.481 e. The topological polar surface area (TPSA) is 55.8 Å². The maximum atomic E-state index is 9.82. The number of carboxylic acid groups (broad SMARTS) is 1. The van der Waals surface area contributed by atoms with Crippen molar-refractivity contribution in [3.8, 4) is 0 Å². The van der Waals surface area contributed by atoms with Gasteiger partial charge in [0, 0.05) is 19.2 Å². The lowest BCUT2D eigenvalue weighted by atomic mass is 10.8. The standard InChI is InChI=1S/C4H8O4S/c1-7-3-8-9-2-4(5)6/h2-3H2,1H3,(H,5,6). The Morgan fingerprint density at radius 1 is 1.78 bits per heavy atom. The highest BCUT2D eigenvalue weighted by Crippen LogP contribution is 1.99. The molecule has 0 saturated carbocycles. The van der Waals surface area contributed by atoms with Crippen LogP contribution in [0.4, 0.5) is 0 Å².